The maximum Gasteiger partial charge on any atom is 0.251 e. The standard InChI is InChI=1S/C15H23N3O2/c1-17-15(19)12-3-4-13(16)14(9-12)18(2)10-11-5-7-20-8-6-11/h3-4,9,11H,5-8,10,16H2,1-2H3,(H,17,19). The summed E-state index contributed by atoms with van der Waals surface area (Å²) in [5.41, 5.74) is 8.29. The molecular weight excluding hydrogens is 254 g/mol. The Morgan fingerprint density at radius 2 is 2.15 bits per heavy atom. The summed E-state index contributed by atoms with van der Waals surface area (Å²) in [6.45, 7) is 2.61. The van der Waals surface area contributed by atoms with Crippen LogP contribution in [0.1, 0.15) is 23.2 Å². The molecule has 1 saturated heterocycles. The molecule has 0 unspecified atom stereocenters. The molecule has 1 amide bonds. The van der Waals surface area contributed by atoms with Gasteiger partial charge < -0.3 is 20.7 Å². The third-order valence-corrected chi connectivity index (χ3v) is 3.80. The van der Waals surface area contributed by atoms with Crippen molar-refractivity contribution < 1.29 is 9.53 Å². The predicted molar refractivity (Wildman–Crippen MR) is 81.1 cm³/mol. The summed E-state index contributed by atoms with van der Waals surface area (Å²) >= 11 is 0. The number of nitrogen functional groups attached to an aromatic ring is 1. The van der Waals surface area contributed by atoms with E-state index < -0.39 is 0 Å². The highest BCUT2D eigenvalue weighted by atomic mass is 16.5. The second-order valence-corrected chi connectivity index (χ2v) is 5.29. The van der Waals surface area contributed by atoms with Crippen LogP contribution >= 0.6 is 0 Å². The van der Waals surface area contributed by atoms with E-state index in [1.54, 1.807) is 19.2 Å². The Kier molecular flexibility index (Phi) is 4.84. The number of hydrogen-bond acceptors (Lipinski definition) is 4. The molecule has 0 aromatic heterocycles. The Morgan fingerprint density at radius 1 is 1.45 bits per heavy atom. The molecule has 1 aliphatic rings. The van der Waals surface area contributed by atoms with E-state index in [2.05, 4.69) is 10.2 Å². The van der Waals surface area contributed by atoms with Gasteiger partial charge in [-0.3, -0.25) is 4.79 Å². The van der Waals surface area contributed by atoms with E-state index in [-0.39, 0.29) is 5.91 Å². The van der Waals surface area contributed by atoms with Crippen molar-refractivity contribution in [1.82, 2.24) is 5.32 Å². The van der Waals surface area contributed by atoms with Gasteiger partial charge in [-0.15, -0.1) is 0 Å². The third-order valence-electron chi connectivity index (χ3n) is 3.80. The van der Waals surface area contributed by atoms with E-state index in [0.717, 1.165) is 38.3 Å². The number of amides is 1. The number of carbonyl (C=O) groups excluding carboxylic acids is 1. The molecule has 0 spiro atoms. The minimum atomic E-state index is -0.0919. The smallest absolute Gasteiger partial charge is 0.251 e. The fraction of sp³-hybridized carbons (Fsp3) is 0.533. The first kappa shape index (κ1) is 14.7. The number of rotatable bonds is 4. The van der Waals surface area contributed by atoms with Crippen LogP contribution in [0, 0.1) is 5.92 Å². The van der Waals surface area contributed by atoms with Gasteiger partial charge in [0, 0.05) is 39.4 Å². The van der Waals surface area contributed by atoms with Gasteiger partial charge in [-0.05, 0) is 37.0 Å². The van der Waals surface area contributed by atoms with Gasteiger partial charge in [0.2, 0.25) is 0 Å². The highest BCUT2D eigenvalue weighted by Crippen LogP contribution is 2.26. The molecule has 0 saturated carbocycles. The van der Waals surface area contributed by atoms with Crippen molar-refractivity contribution in [1.29, 1.82) is 0 Å². The minimum absolute atomic E-state index is 0.0919. The molecule has 1 aliphatic heterocycles. The maximum atomic E-state index is 11.7. The predicted octanol–water partition coefficient (Wildman–Crippen LogP) is 1.49. The zero-order chi connectivity index (χ0) is 14.5. The molecule has 0 radical (unpaired) electrons. The van der Waals surface area contributed by atoms with Crippen molar-refractivity contribution in [2.75, 3.05) is 44.5 Å². The molecule has 3 N–H and O–H groups in total. The molecule has 5 heteroatoms. The maximum absolute atomic E-state index is 11.7. The van der Waals surface area contributed by atoms with Crippen LogP contribution in [-0.4, -0.2) is 39.8 Å². The van der Waals surface area contributed by atoms with E-state index in [9.17, 15) is 4.79 Å². The zero-order valence-electron chi connectivity index (χ0n) is 12.2. The molecule has 110 valence electrons. The molecule has 2 rings (SSSR count). The van der Waals surface area contributed by atoms with Crippen LogP contribution in [0.2, 0.25) is 0 Å². The summed E-state index contributed by atoms with van der Waals surface area (Å²) in [5.74, 6) is 0.530. The molecule has 0 aliphatic carbocycles. The molecule has 20 heavy (non-hydrogen) atoms. The number of anilines is 2. The molecule has 0 atom stereocenters. The van der Waals surface area contributed by atoms with E-state index in [1.807, 2.05) is 13.1 Å². The summed E-state index contributed by atoms with van der Waals surface area (Å²) in [4.78, 5) is 13.8. The number of hydrogen-bond donors (Lipinski definition) is 2. The first-order valence-electron chi connectivity index (χ1n) is 7.02. The quantitative estimate of drug-likeness (QED) is 0.818. The molecular formula is C15H23N3O2. The highest BCUT2D eigenvalue weighted by Gasteiger charge is 2.17. The van der Waals surface area contributed by atoms with Crippen molar-refractivity contribution in [2.24, 2.45) is 5.92 Å². The average Bonchev–Trinajstić information content (AvgIpc) is 2.48. The van der Waals surface area contributed by atoms with Gasteiger partial charge in [-0.1, -0.05) is 0 Å². The Morgan fingerprint density at radius 3 is 2.80 bits per heavy atom. The van der Waals surface area contributed by atoms with Crippen molar-refractivity contribution >= 4 is 17.3 Å². The van der Waals surface area contributed by atoms with Gasteiger partial charge in [0.1, 0.15) is 0 Å². The summed E-state index contributed by atoms with van der Waals surface area (Å²) in [6.07, 6.45) is 2.17. The summed E-state index contributed by atoms with van der Waals surface area (Å²) in [6, 6.07) is 5.40. The minimum Gasteiger partial charge on any atom is -0.397 e. The lowest BCUT2D eigenvalue weighted by Gasteiger charge is -2.29. The Balaban J connectivity index is 2.11. The van der Waals surface area contributed by atoms with Gasteiger partial charge in [0.05, 0.1) is 11.4 Å². The first-order chi connectivity index (χ1) is 9.61. The number of carbonyl (C=O) groups is 1. The summed E-state index contributed by atoms with van der Waals surface area (Å²) < 4.78 is 5.38. The average molecular weight is 277 g/mol. The number of nitrogens with zero attached hydrogens (tertiary/aromatic N) is 1. The van der Waals surface area contributed by atoms with Crippen molar-refractivity contribution in [2.45, 2.75) is 12.8 Å². The van der Waals surface area contributed by atoms with Crippen molar-refractivity contribution in [3.63, 3.8) is 0 Å². The Labute approximate surface area is 120 Å². The lowest BCUT2D eigenvalue weighted by atomic mass is 9.99. The highest BCUT2D eigenvalue weighted by molar-refractivity contribution is 5.96. The van der Waals surface area contributed by atoms with E-state index in [4.69, 9.17) is 10.5 Å². The van der Waals surface area contributed by atoms with Crippen LogP contribution in [0.25, 0.3) is 0 Å². The number of ether oxygens (including phenoxy) is 1. The molecule has 1 aromatic carbocycles. The molecule has 1 aromatic rings. The second-order valence-electron chi connectivity index (χ2n) is 5.29. The fourth-order valence-electron chi connectivity index (χ4n) is 2.57. The molecule has 0 bridgehead atoms. The van der Waals surface area contributed by atoms with E-state index in [1.165, 1.54) is 0 Å². The topological polar surface area (TPSA) is 67.6 Å². The van der Waals surface area contributed by atoms with Crippen LogP contribution in [0.5, 0.6) is 0 Å². The number of nitrogens with two attached hydrogens (primary N) is 1. The van der Waals surface area contributed by atoms with E-state index >= 15 is 0 Å². The van der Waals surface area contributed by atoms with Crippen LogP contribution in [-0.2, 0) is 4.74 Å². The van der Waals surface area contributed by atoms with E-state index in [0.29, 0.717) is 17.2 Å². The van der Waals surface area contributed by atoms with Gasteiger partial charge in [-0.25, -0.2) is 0 Å². The first-order valence-corrected chi connectivity index (χ1v) is 7.02. The van der Waals surface area contributed by atoms with Crippen molar-refractivity contribution in [3.8, 4) is 0 Å². The zero-order valence-corrected chi connectivity index (χ0v) is 12.2. The van der Waals surface area contributed by atoms with Crippen LogP contribution in [0.3, 0.4) is 0 Å². The third kappa shape index (κ3) is 3.42. The summed E-state index contributed by atoms with van der Waals surface area (Å²) in [5, 5.41) is 2.63. The van der Waals surface area contributed by atoms with Gasteiger partial charge >= 0.3 is 0 Å². The number of benzene rings is 1. The van der Waals surface area contributed by atoms with Crippen LogP contribution < -0.4 is 16.0 Å². The SMILES string of the molecule is CNC(=O)c1ccc(N)c(N(C)CC2CCOCC2)c1. The largest absolute Gasteiger partial charge is 0.397 e. The molecule has 1 heterocycles. The Hall–Kier alpha value is -1.75. The fourth-order valence-corrected chi connectivity index (χ4v) is 2.57. The lowest BCUT2D eigenvalue weighted by molar-refractivity contribution is 0.0685. The molecule has 1 fully saturated rings. The number of nitrogens with one attached hydrogen (secondary N) is 1. The van der Waals surface area contributed by atoms with Crippen molar-refractivity contribution in [3.05, 3.63) is 23.8 Å². The lowest BCUT2D eigenvalue weighted by Crippen LogP contribution is -2.30. The molecule has 5 nitrogen and oxygen atoms in total. The Bertz CT molecular complexity index is 470. The van der Waals surface area contributed by atoms with Gasteiger partial charge in [0.25, 0.3) is 5.91 Å². The monoisotopic (exact) mass is 277 g/mol. The normalized spacial score (nSPS) is 15.9. The van der Waals surface area contributed by atoms with Gasteiger partial charge in [0.15, 0.2) is 0 Å². The second kappa shape index (κ2) is 6.61. The van der Waals surface area contributed by atoms with Gasteiger partial charge in [-0.2, -0.15) is 0 Å². The van der Waals surface area contributed by atoms with Crippen LogP contribution in [0.15, 0.2) is 18.2 Å². The summed E-state index contributed by atoms with van der Waals surface area (Å²) in [7, 11) is 3.65. The van der Waals surface area contributed by atoms with Crippen LogP contribution in [0.4, 0.5) is 11.4 Å².